The molecule has 1 atom stereocenters. The van der Waals surface area contributed by atoms with Crippen LogP contribution in [0.1, 0.15) is 18.4 Å². The molecule has 2 fully saturated rings. The minimum Gasteiger partial charge on any atom is -0.336 e. The predicted octanol–water partition coefficient (Wildman–Crippen LogP) is 0.910. The Kier molecular flexibility index (Phi) is 6.79. The number of benzene rings is 1. The molecule has 0 saturated carbocycles. The second kappa shape index (κ2) is 8.51. The van der Waals surface area contributed by atoms with Gasteiger partial charge in [-0.05, 0) is 25.3 Å². The Labute approximate surface area is 164 Å². The quantitative estimate of drug-likeness (QED) is 0.574. The molecular weight excluding hydrogens is 396 g/mol. The standard InChI is InChI=1S/C16H22N4O5S.ClH/c1-12-4-5-13(20(22)23)9-15(12)26(24,25)18-7-2-3-14(11-18)19-8-6-17-10-16(19)21;/h4-5,9,14,17H,2-3,6-8,10-11H2,1H3;1H. The highest BCUT2D eigenvalue weighted by molar-refractivity contribution is 7.89. The van der Waals surface area contributed by atoms with Crippen molar-refractivity contribution in [2.45, 2.75) is 30.7 Å². The second-order valence-electron chi connectivity index (χ2n) is 6.63. The molecule has 3 rings (SSSR count). The van der Waals surface area contributed by atoms with Crippen molar-refractivity contribution in [2.24, 2.45) is 0 Å². The van der Waals surface area contributed by atoms with Crippen LogP contribution in [0.3, 0.4) is 0 Å². The normalized spacial score (nSPS) is 21.6. The third kappa shape index (κ3) is 4.40. The molecule has 27 heavy (non-hydrogen) atoms. The Morgan fingerprint density at radius 2 is 2.04 bits per heavy atom. The molecule has 2 saturated heterocycles. The van der Waals surface area contributed by atoms with Gasteiger partial charge in [0.05, 0.1) is 16.4 Å². The smallest absolute Gasteiger partial charge is 0.270 e. The van der Waals surface area contributed by atoms with Gasteiger partial charge in [-0.15, -0.1) is 12.4 Å². The number of nitro benzene ring substituents is 1. The van der Waals surface area contributed by atoms with E-state index in [0.717, 1.165) is 12.5 Å². The van der Waals surface area contributed by atoms with Crippen molar-refractivity contribution in [3.8, 4) is 0 Å². The number of sulfonamides is 1. The van der Waals surface area contributed by atoms with Crippen LogP contribution in [0.4, 0.5) is 5.69 Å². The number of carbonyl (C=O) groups excluding carboxylic acids is 1. The van der Waals surface area contributed by atoms with Gasteiger partial charge in [-0.3, -0.25) is 14.9 Å². The zero-order valence-corrected chi connectivity index (χ0v) is 16.6. The van der Waals surface area contributed by atoms with Crippen LogP contribution in [0.5, 0.6) is 0 Å². The molecule has 0 radical (unpaired) electrons. The van der Waals surface area contributed by atoms with Crippen LogP contribution in [0, 0.1) is 17.0 Å². The fourth-order valence-corrected chi connectivity index (χ4v) is 5.28. The molecular formula is C16H23ClN4O5S. The topological polar surface area (TPSA) is 113 Å². The highest BCUT2D eigenvalue weighted by atomic mass is 35.5. The number of hydrogen-bond acceptors (Lipinski definition) is 6. The maximum Gasteiger partial charge on any atom is 0.270 e. The monoisotopic (exact) mass is 418 g/mol. The van der Waals surface area contributed by atoms with E-state index in [1.54, 1.807) is 11.8 Å². The summed E-state index contributed by atoms with van der Waals surface area (Å²) in [6, 6.07) is 3.70. The van der Waals surface area contributed by atoms with Crippen molar-refractivity contribution in [1.82, 2.24) is 14.5 Å². The summed E-state index contributed by atoms with van der Waals surface area (Å²) in [4.78, 5) is 24.2. The molecule has 0 aromatic heterocycles. The molecule has 1 unspecified atom stereocenters. The van der Waals surface area contributed by atoms with Crippen molar-refractivity contribution in [1.29, 1.82) is 0 Å². The minimum atomic E-state index is -3.86. The van der Waals surface area contributed by atoms with Gasteiger partial charge in [0.2, 0.25) is 15.9 Å². The molecule has 9 nitrogen and oxygen atoms in total. The van der Waals surface area contributed by atoms with Gasteiger partial charge in [0, 0.05) is 44.4 Å². The number of nitrogens with zero attached hydrogens (tertiary/aromatic N) is 3. The number of aryl methyl sites for hydroxylation is 1. The van der Waals surface area contributed by atoms with Crippen LogP contribution in [-0.2, 0) is 14.8 Å². The van der Waals surface area contributed by atoms with Gasteiger partial charge in [0.25, 0.3) is 5.69 Å². The average molecular weight is 419 g/mol. The van der Waals surface area contributed by atoms with E-state index in [-0.39, 0.29) is 48.0 Å². The number of nitro groups is 1. The first kappa shape index (κ1) is 21.5. The molecule has 1 N–H and O–H groups in total. The van der Waals surface area contributed by atoms with E-state index in [1.165, 1.54) is 16.4 Å². The van der Waals surface area contributed by atoms with Crippen molar-refractivity contribution in [3.05, 3.63) is 33.9 Å². The lowest BCUT2D eigenvalue weighted by atomic mass is 10.1. The summed E-state index contributed by atoms with van der Waals surface area (Å²) in [6.07, 6.45) is 1.40. The molecule has 11 heteroatoms. The molecule has 1 aromatic carbocycles. The summed E-state index contributed by atoms with van der Waals surface area (Å²) in [5.74, 6) is -0.0213. The molecule has 1 amide bonds. The second-order valence-corrected chi connectivity index (χ2v) is 8.54. The highest BCUT2D eigenvalue weighted by Gasteiger charge is 2.36. The number of non-ortho nitro benzene ring substituents is 1. The zero-order valence-electron chi connectivity index (χ0n) is 15.0. The molecule has 0 aliphatic carbocycles. The summed E-state index contributed by atoms with van der Waals surface area (Å²) >= 11 is 0. The molecule has 2 aliphatic heterocycles. The number of nitrogens with one attached hydrogen (secondary N) is 1. The van der Waals surface area contributed by atoms with E-state index in [2.05, 4.69) is 5.32 Å². The number of piperazine rings is 1. The third-order valence-electron chi connectivity index (χ3n) is 4.93. The van der Waals surface area contributed by atoms with E-state index < -0.39 is 14.9 Å². The number of halogens is 1. The molecule has 150 valence electrons. The van der Waals surface area contributed by atoms with Crippen LogP contribution in [0.2, 0.25) is 0 Å². The van der Waals surface area contributed by atoms with Gasteiger partial charge < -0.3 is 10.2 Å². The van der Waals surface area contributed by atoms with E-state index in [1.807, 2.05) is 0 Å². The Balaban J connectivity index is 0.00000261. The average Bonchev–Trinajstić information content (AvgIpc) is 2.62. The van der Waals surface area contributed by atoms with E-state index in [0.29, 0.717) is 31.6 Å². The first-order valence-corrected chi connectivity index (χ1v) is 10.00. The van der Waals surface area contributed by atoms with Crippen molar-refractivity contribution in [2.75, 3.05) is 32.7 Å². The maximum atomic E-state index is 13.1. The SMILES string of the molecule is Cc1ccc([N+](=O)[O-])cc1S(=O)(=O)N1CCCC(N2CCNCC2=O)C1.Cl. The van der Waals surface area contributed by atoms with Gasteiger partial charge in [-0.1, -0.05) is 6.07 Å². The van der Waals surface area contributed by atoms with Crippen LogP contribution in [0.25, 0.3) is 0 Å². The largest absolute Gasteiger partial charge is 0.336 e. The summed E-state index contributed by atoms with van der Waals surface area (Å²) in [5, 5.41) is 14.0. The minimum absolute atomic E-state index is 0. The van der Waals surface area contributed by atoms with E-state index in [4.69, 9.17) is 0 Å². The molecule has 2 aliphatic rings. The lowest BCUT2D eigenvalue weighted by Crippen LogP contribution is -2.57. The Morgan fingerprint density at radius 1 is 1.30 bits per heavy atom. The fraction of sp³-hybridized carbons (Fsp3) is 0.562. The summed E-state index contributed by atoms with van der Waals surface area (Å²) in [7, 11) is -3.86. The zero-order chi connectivity index (χ0) is 18.9. The number of piperidine rings is 1. The van der Waals surface area contributed by atoms with E-state index >= 15 is 0 Å². The summed E-state index contributed by atoms with van der Waals surface area (Å²) in [5.41, 5.74) is 0.219. The first-order valence-electron chi connectivity index (χ1n) is 8.56. The molecule has 0 spiro atoms. The van der Waals surface area contributed by atoms with Gasteiger partial charge >= 0.3 is 0 Å². The van der Waals surface area contributed by atoms with Gasteiger partial charge in [-0.25, -0.2) is 8.42 Å². The number of amides is 1. The van der Waals surface area contributed by atoms with Gasteiger partial charge in [0.15, 0.2) is 0 Å². The fourth-order valence-electron chi connectivity index (χ4n) is 3.52. The summed E-state index contributed by atoms with van der Waals surface area (Å²) in [6.45, 7) is 3.72. The highest BCUT2D eigenvalue weighted by Crippen LogP contribution is 2.28. The number of hydrogen-bond donors (Lipinski definition) is 1. The first-order chi connectivity index (χ1) is 12.3. The summed E-state index contributed by atoms with van der Waals surface area (Å²) < 4.78 is 27.5. The van der Waals surface area contributed by atoms with Crippen LogP contribution in [0.15, 0.2) is 23.1 Å². The number of carbonyl (C=O) groups is 1. The predicted molar refractivity (Wildman–Crippen MR) is 101 cm³/mol. The Morgan fingerprint density at radius 3 is 2.70 bits per heavy atom. The lowest BCUT2D eigenvalue weighted by molar-refractivity contribution is -0.385. The van der Waals surface area contributed by atoms with Crippen molar-refractivity contribution in [3.63, 3.8) is 0 Å². The van der Waals surface area contributed by atoms with Crippen molar-refractivity contribution >= 4 is 34.0 Å². The van der Waals surface area contributed by atoms with Crippen LogP contribution in [-0.4, -0.2) is 67.2 Å². The third-order valence-corrected chi connectivity index (χ3v) is 6.93. The van der Waals surface area contributed by atoms with Gasteiger partial charge in [0.1, 0.15) is 0 Å². The Hall–Kier alpha value is -1.75. The van der Waals surface area contributed by atoms with Crippen molar-refractivity contribution < 1.29 is 18.1 Å². The molecule has 0 bridgehead atoms. The van der Waals surface area contributed by atoms with Crippen LogP contribution >= 0.6 is 12.4 Å². The lowest BCUT2D eigenvalue weighted by Gasteiger charge is -2.40. The molecule has 1 aromatic rings. The number of rotatable bonds is 4. The van der Waals surface area contributed by atoms with Gasteiger partial charge in [-0.2, -0.15) is 4.31 Å². The maximum absolute atomic E-state index is 13.1. The van der Waals surface area contributed by atoms with E-state index in [9.17, 15) is 23.3 Å². The Bertz CT molecular complexity index is 832. The molecule has 2 heterocycles. The van der Waals surface area contributed by atoms with Crippen LogP contribution < -0.4 is 5.32 Å².